The number of carboxylic acids is 1. The van der Waals surface area contributed by atoms with Gasteiger partial charge in [-0.3, -0.25) is 0 Å². The van der Waals surface area contributed by atoms with E-state index in [1.54, 1.807) is 0 Å². The third-order valence-corrected chi connectivity index (χ3v) is 2.66. The number of hydrogen-bond donors (Lipinski definition) is 3. The number of aromatic nitrogens is 2. The molecule has 0 saturated carbocycles. The summed E-state index contributed by atoms with van der Waals surface area (Å²) in [5.41, 5.74) is 6.48. The molecule has 0 atom stereocenters. The summed E-state index contributed by atoms with van der Waals surface area (Å²) in [6.45, 7) is 4.01. The molecule has 0 unspecified atom stereocenters. The molecule has 7 heteroatoms. The lowest BCUT2D eigenvalue weighted by Crippen LogP contribution is -2.07. The largest absolute Gasteiger partial charge is 0.478 e. The fraction of sp³-hybridized carbons (Fsp3) is 0.250. The lowest BCUT2D eigenvalue weighted by molar-refractivity contribution is 0.0698. The maximum Gasteiger partial charge on any atom is 0.337 e. The summed E-state index contributed by atoms with van der Waals surface area (Å²) in [6.07, 6.45) is 1.30. The third kappa shape index (κ3) is 2.82. The van der Waals surface area contributed by atoms with Crippen molar-refractivity contribution in [2.24, 2.45) is 0 Å². The van der Waals surface area contributed by atoms with Crippen LogP contribution in [0.2, 0.25) is 0 Å². The predicted octanol–water partition coefficient (Wildman–Crippen LogP) is 1.58. The van der Waals surface area contributed by atoms with Crippen molar-refractivity contribution < 1.29 is 14.3 Å². The summed E-state index contributed by atoms with van der Waals surface area (Å²) < 4.78 is 5.40. The van der Waals surface area contributed by atoms with Crippen molar-refractivity contribution in [2.75, 3.05) is 11.1 Å². The molecule has 0 aliphatic heterocycles. The number of nitrogens with one attached hydrogen (secondary N) is 1. The molecule has 2 aromatic rings. The Bertz CT molecular complexity index is 602. The molecule has 0 aliphatic rings. The number of carboxylic acid groups (broad SMARTS) is 1. The summed E-state index contributed by atoms with van der Waals surface area (Å²) >= 11 is 0. The number of pyridine rings is 1. The van der Waals surface area contributed by atoms with Crippen LogP contribution >= 0.6 is 0 Å². The van der Waals surface area contributed by atoms with E-state index in [0.29, 0.717) is 18.3 Å². The van der Waals surface area contributed by atoms with Gasteiger partial charge < -0.3 is 20.6 Å². The van der Waals surface area contributed by atoms with Gasteiger partial charge in [-0.25, -0.2) is 14.8 Å². The standard InChI is InChI=1S/C12H14N4O3/c1-6-7(2)19-11(16-6)5-15-10-3-8(12(17)18)9(13)4-14-10/h3-4H,5,13H2,1-2H3,(H,14,15)(H,17,18). The highest BCUT2D eigenvalue weighted by atomic mass is 16.4. The fourth-order valence-corrected chi connectivity index (χ4v) is 1.53. The molecule has 0 amide bonds. The van der Waals surface area contributed by atoms with Gasteiger partial charge in [0.1, 0.15) is 11.6 Å². The van der Waals surface area contributed by atoms with Crippen LogP contribution in [0.15, 0.2) is 16.7 Å². The van der Waals surface area contributed by atoms with Crippen LogP contribution in [-0.2, 0) is 6.54 Å². The maximum atomic E-state index is 10.9. The highest BCUT2D eigenvalue weighted by Gasteiger charge is 2.10. The number of aromatic carboxylic acids is 1. The molecule has 0 saturated heterocycles. The van der Waals surface area contributed by atoms with Gasteiger partial charge in [-0.15, -0.1) is 0 Å². The lowest BCUT2D eigenvalue weighted by Gasteiger charge is -2.05. The Labute approximate surface area is 109 Å². The van der Waals surface area contributed by atoms with Gasteiger partial charge in [-0.2, -0.15) is 0 Å². The highest BCUT2D eigenvalue weighted by Crippen LogP contribution is 2.16. The van der Waals surface area contributed by atoms with Gasteiger partial charge in [-0.05, 0) is 19.9 Å². The topological polar surface area (TPSA) is 114 Å². The van der Waals surface area contributed by atoms with Gasteiger partial charge in [0, 0.05) is 0 Å². The summed E-state index contributed by atoms with van der Waals surface area (Å²) in [4.78, 5) is 19.1. The average molecular weight is 262 g/mol. The second-order valence-corrected chi connectivity index (χ2v) is 4.06. The van der Waals surface area contributed by atoms with Crippen LogP contribution in [0.4, 0.5) is 11.5 Å². The monoisotopic (exact) mass is 262 g/mol. The Hall–Kier alpha value is -2.57. The number of carbonyl (C=O) groups is 1. The molecule has 0 spiro atoms. The first-order valence-corrected chi connectivity index (χ1v) is 5.63. The molecule has 0 fully saturated rings. The number of hydrogen-bond acceptors (Lipinski definition) is 6. The number of oxazole rings is 1. The van der Waals surface area contributed by atoms with Crippen molar-refractivity contribution in [3.8, 4) is 0 Å². The van der Waals surface area contributed by atoms with Crippen LogP contribution in [0.3, 0.4) is 0 Å². The van der Waals surface area contributed by atoms with E-state index in [1.807, 2.05) is 13.8 Å². The molecule has 4 N–H and O–H groups in total. The Morgan fingerprint density at radius 3 is 2.84 bits per heavy atom. The molecular formula is C12H14N4O3. The van der Waals surface area contributed by atoms with Gasteiger partial charge in [-0.1, -0.05) is 0 Å². The Balaban J connectivity index is 2.11. The van der Waals surface area contributed by atoms with Crippen molar-refractivity contribution >= 4 is 17.5 Å². The van der Waals surface area contributed by atoms with Crippen molar-refractivity contribution in [3.05, 3.63) is 35.2 Å². The highest BCUT2D eigenvalue weighted by molar-refractivity contribution is 5.94. The van der Waals surface area contributed by atoms with E-state index in [2.05, 4.69) is 15.3 Å². The zero-order chi connectivity index (χ0) is 14.0. The van der Waals surface area contributed by atoms with E-state index >= 15 is 0 Å². The Kier molecular flexibility index (Phi) is 3.37. The molecule has 0 aliphatic carbocycles. The molecule has 2 aromatic heterocycles. The summed E-state index contributed by atoms with van der Waals surface area (Å²) in [7, 11) is 0. The van der Waals surface area contributed by atoms with Crippen LogP contribution in [0.25, 0.3) is 0 Å². The molecule has 7 nitrogen and oxygen atoms in total. The SMILES string of the molecule is Cc1nc(CNc2cc(C(=O)O)c(N)cn2)oc1C. The van der Waals surface area contributed by atoms with Crippen molar-refractivity contribution in [2.45, 2.75) is 20.4 Å². The molecule has 0 bridgehead atoms. The minimum absolute atomic E-state index is 0.0114. The second-order valence-electron chi connectivity index (χ2n) is 4.06. The molecule has 2 heterocycles. The predicted molar refractivity (Wildman–Crippen MR) is 68.9 cm³/mol. The average Bonchev–Trinajstić information content (AvgIpc) is 2.67. The first-order valence-electron chi connectivity index (χ1n) is 5.63. The van der Waals surface area contributed by atoms with E-state index in [0.717, 1.165) is 11.5 Å². The molecule has 0 aromatic carbocycles. The second kappa shape index (κ2) is 4.97. The van der Waals surface area contributed by atoms with E-state index in [9.17, 15) is 4.79 Å². The van der Waals surface area contributed by atoms with Crippen LogP contribution in [0.5, 0.6) is 0 Å². The van der Waals surface area contributed by atoms with Crippen LogP contribution < -0.4 is 11.1 Å². The minimum Gasteiger partial charge on any atom is -0.478 e. The smallest absolute Gasteiger partial charge is 0.337 e. The van der Waals surface area contributed by atoms with Crippen molar-refractivity contribution in [1.29, 1.82) is 0 Å². The fourth-order valence-electron chi connectivity index (χ4n) is 1.53. The van der Waals surface area contributed by atoms with Gasteiger partial charge >= 0.3 is 5.97 Å². The third-order valence-electron chi connectivity index (χ3n) is 2.66. The van der Waals surface area contributed by atoms with Crippen LogP contribution in [-0.4, -0.2) is 21.0 Å². The normalized spacial score (nSPS) is 10.4. The summed E-state index contributed by atoms with van der Waals surface area (Å²) in [5.74, 6) is 0.588. The first-order chi connectivity index (χ1) is 8.97. The lowest BCUT2D eigenvalue weighted by atomic mass is 10.2. The number of anilines is 2. The molecule has 2 rings (SSSR count). The minimum atomic E-state index is -1.09. The molecule has 0 radical (unpaired) electrons. The zero-order valence-electron chi connectivity index (χ0n) is 10.6. The number of aryl methyl sites for hydroxylation is 2. The number of nitrogens with zero attached hydrogens (tertiary/aromatic N) is 2. The van der Waals surface area contributed by atoms with E-state index < -0.39 is 5.97 Å². The van der Waals surface area contributed by atoms with E-state index in [4.69, 9.17) is 15.3 Å². The molecule has 19 heavy (non-hydrogen) atoms. The van der Waals surface area contributed by atoms with Gasteiger partial charge in [0.25, 0.3) is 0 Å². The van der Waals surface area contributed by atoms with Crippen molar-refractivity contribution in [3.63, 3.8) is 0 Å². The Morgan fingerprint density at radius 2 is 2.26 bits per heavy atom. The van der Waals surface area contributed by atoms with Gasteiger partial charge in [0.15, 0.2) is 0 Å². The quantitative estimate of drug-likeness (QED) is 0.766. The Morgan fingerprint density at radius 1 is 1.53 bits per heavy atom. The summed E-state index contributed by atoms with van der Waals surface area (Å²) in [5, 5.41) is 11.9. The first kappa shape index (κ1) is 12.9. The van der Waals surface area contributed by atoms with Crippen LogP contribution in [0.1, 0.15) is 27.7 Å². The van der Waals surface area contributed by atoms with Gasteiger partial charge in [0.2, 0.25) is 5.89 Å². The number of nitrogens with two attached hydrogens (primary N) is 1. The maximum absolute atomic E-state index is 10.9. The van der Waals surface area contributed by atoms with Gasteiger partial charge in [0.05, 0.1) is 29.7 Å². The van der Waals surface area contributed by atoms with Crippen molar-refractivity contribution in [1.82, 2.24) is 9.97 Å². The molecular weight excluding hydrogens is 248 g/mol. The number of nitrogen functional groups attached to an aromatic ring is 1. The molecule has 100 valence electrons. The summed E-state index contributed by atoms with van der Waals surface area (Å²) in [6, 6.07) is 1.38. The zero-order valence-corrected chi connectivity index (χ0v) is 10.6. The van der Waals surface area contributed by atoms with Crippen LogP contribution in [0, 0.1) is 13.8 Å². The van der Waals surface area contributed by atoms with E-state index in [1.165, 1.54) is 12.3 Å². The number of rotatable bonds is 4. The van der Waals surface area contributed by atoms with E-state index in [-0.39, 0.29) is 11.3 Å².